The molecular formula is C24H37NO2. The molecule has 0 bridgehead atoms. The minimum absolute atomic E-state index is 0.240. The highest BCUT2D eigenvalue weighted by molar-refractivity contribution is 5.53. The SMILES string of the molecule is C=C(C)[C@@H]1CCC(C)=CC1c1c(OC)cc(CCCCC)cc1OCCN. The Bertz CT molecular complexity index is 663. The van der Waals surface area contributed by atoms with Crippen LogP contribution in [0.4, 0.5) is 0 Å². The molecule has 0 aromatic heterocycles. The van der Waals surface area contributed by atoms with E-state index in [4.69, 9.17) is 15.2 Å². The predicted octanol–water partition coefficient (Wildman–Crippen LogP) is 5.78. The predicted molar refractivity (Wildman–Crippen MR) is 115 cm³/mol. The molecule has 1 unspecified atom stereocenters. The van der Waals surface area contributed by atoms with Gasteiger partial charge in [0, 0.05) is 18.0 Å². The smallest absolute Gasteiger partial charge is 0.127 e. The lowest BCUT2D eigenvalue weighted by atomic mass is 9.73. The number of benzene rings is 1. The first-order valence-corrected chi connectivity index (χ1v) is 10.4. The van der Waals surface area contributed by atoms with Gasteiger partial charge in [0.1, 0.15) is 18.1 Å². The van der Waals surface area contributed by atoms with Crippen LogP contribution < -0.4 is 15.2 Å². The molecule has 3 heteroatoms. The third-order valence-electron chi connectivity index (χ3n) is 5.54. The third-order valence-corrected chi connectivity index (χ3v) is 5.54. The zero-order valence-electron chi connectivity index (χ0n) is 17.6. The molecule has 0 saturated carbocycles. The molecule has 0 radical (unpaired) electrons. The highest BCUT2D eigenvalue weighted by atomic mass is 16.5. The van der Waals surface area contributed by atoms with Gasteiger partial charge in [0.2, 0.25) is 0 Å². The zero-order chi connectivity index (χ0) is 19.8. The summed E-state index contributed by atoms with van der Waals surface area (Å²) in [7, 11) is 1.76. The van der Waals surface area contributed by atoms with Gasteiger partial charge in [-0.05, 0) is 63.1 Å². The van der Waals surface area contributed by atoms with Gasteiger partial charge in [-0.2, -0.15) is 0 Å². The van der Waals surface area contributed by atoms with Crippen molar-refractivity contribution in [1.82, 2.24) is 0 Å². The molecule has 150 valence electrons. The molecule has 1 aromatic carbocycles. The molecular weight excluding hydrogens is 334 g/mol. The first-order chi connectivity index (χ1) is 13.0. The Hall–Kier alpha value is -1.74. The summed E-state index contributed by atoms with van der Waals surface area (Å²) in [5.41, 5.74) is 10.8. The van der Waals surface area contributed by atoms with Gasteiger partial charge in [0.25, 0.3) is 0 Å². The second-order valence-electron chi connectivity index (χ2n) is 7.83. The van der Waals surface area contributed by atoms with Gasteiger partial charge in [-0.1, -0.05) is 43.6 Å². The fraction of sp³-hybridized carbons (Fsp3) is 0.583. The van der Waals surface area contributed by atoms with E-state index in [0.29, 0.717) is 19.1 Å². The fourth-order valence-corrected chi connectivity index (χ4v) is 4.07. The number of methoxy groups -OCH3 is 1. The highest BCUT2D eigenvalue weighted by Gasteiger charge is 2.31. The van der Waals surface area contributed by atoms with E-state index < -0.39 is 0 Å². The van der Waals surface area contributed by atoms with Crippen LogP contribution >= 0.6 is 0 Å². The molecule has 27 heavy (non-hydrogen) atoms. The van der Waals surface area contributed by atoms with E-state index in [1.807, 2.05) is 0 Å². The molecule has 1 aliphatic carbocycles. The van der Waals surface area contributed by atoms with Crippen molar-refractivity contribution in [1.29, 1.82) is 0 Å². The van der Waals surface area contributed by atoms with E-state index in [2.05, 4.69) is 45.6 Å². The Kier molecular flexibility index (Phi) is 8.43. The van der Waals surface area contributed by atoms with E-state index in [1.165, 1.54) is 36.0 Å². The van der Waals surface area contributed by atoms with E-state index in [1.54, 1.807) is 7.11 Å². The monoisotopic (exact) mass is 371 g/mol. The largest absolute Gasteiger partial charge is 0.496 e. The first-order valence-electron chi connectivity index (χ1n) is 10.4. The van der Waals surface area contributed by atoms with E-state index in [0.717, 1.165) is 36.3 Å². The minimum atomic E-state index is 0.240. The van der Waals surface area contributed by atoms with Crippen molar-refractivity contribution < 1.29 is 9.47 Å². The first kappa shape index (κ1) is 21.6. The van der Waals surface area contributed by atoms with Crippen molar-refractivity contribution in [3.05, 3.63) is 47.1 Å². The lowest BCUT2D eigenvalue weighted by Crippen LogP contribution is -2.20. The van der Waals surface area contributed by atoms with Crippen LogP contribution in [0.25, 0.3) is 0 Å². The maximum Gasteiger partial charge on any atom is 0.127 e. The molecule has 2 rings (SSSR count). The summed E-state index contributed by atoms with van der Waals surface area (Å²) in [4.78, 5) is 0. The number of aryl methyl sites for hydroxylation is 1. The van der Waals surface area contributed by atoms with Crippen LogP contribution in [0.5, 0.6) is 11.5 Å². The zero-order valence-corrected chi connectivity index (χ0v) is 17.6. The Labute approximate surface area is 165 Å². The van der Waals surface area contributed by atoms with Crippen LogP contribution in [0.3, 0.4) is 0 Å². The molecule has 2 atom stereocenters. The lowest BCUT2D eigenvalue weighted by Gasteiger charge is -2.32. The van der Waals surface area contributed by atoms with E-state index in [9.17, 15) is 0 Å². The second-order valence-corrected chi connectivity index (χ2v) is 7.83. The summed E-state index contributed by atoms with van der Waals surface area (Å²) in [6, 6.07) is 4.41. The van der Waals surface area contributed by atoms with Crippen molar-refractivity contribution in [3.8, 4) is 11.5 Å². The molecule has 1 aromatic rings. The molecule has 0 heterocycles. The fourth-order valence-electron chi connectivity index (χ4n) is 4.07. The maximum absolute atomic E-state index is 6.13. The quantitative estimate of drug-likeness (QED) is 0.419. The summed E-state index contributed by atoms with van der Waals surface area (Å²) >= 11 is 0. The molecule has 0 saturated heterocycles. The van der Waals surface area contributed by atoms with Gasteiger partial charge >= 0.3 is 0 Å². The van der Waals surface area contributed by atoms with Gasteiger partial charge in [-0.15, -0.1) is 0 Å². The number of hydrogen-bond acceptors (Lipinski definition) is 3. The standard InChI is InChI=1S/C24H37NO2/c1-6-7-8-9-19-15-22(26-5)24(23(16-19)27-13-12-25)21-14-18(4)10-11-20(21)17(2)3/h14-16,20-21H,2,6-13,25H2,1,3-5H3/t20-,21?/m0/s1. The average molecular weight is 372 g/mol. The number of ether oxygens (including phenoxy) is 2. The van der Waals surface area contributed by atoms with Crippen LogP contribution in [-0.2, 0) is 6.42 Å². The summed E-state index contributed by atoms with van der Waals surface area (Å²) < 4.78 is 12.0. The van der Waals surface area contributed by atoms with E-state index >= 15 is 0 Å². The molecule has 1 aliphatic rings. The van der Waals surface area contributed by atoms with Gasteiger partial charge in [-0.3, -0.25) is 0 Å². The van der Waals surface area contributed by atoms with Crippen molar-refractivity contribution in [2.45, 2.75) is 65.2 Å². The summed E-state index contributed by atoms with van der Waals surface area (Å²) in [5.74, 6) is 2.50. The van der Waals surface area contributed by atoms with Crippen molar-refractivity contribution >= 4 is 0 Å². The lowest BCUT2D eigenvalue weighted by molar-refractivity contribution is 0.313. The summed E-state index contributed by atoms with van der Waals surface area (Å²) in [6.07, 6.45) is 9.33. The average Bonchev–Trinajstić information content (AvgIpc) is 2.65. The summed E-state index contributed by atoms with van der Waals surface area (Å²) in [5, 5.41) is 0. The van der Waals surface area contributed by atoms with Crippen molar-refractivity contribution in [3.63, 3.8) is 0 Å². The van der Waals surface area contributed by atoms with Crippen LogP contribution in [0.1, 0.15) is 69.9 Å². The molecule has 0 spiro atoms. The molecule has 2 N–H and O–H groups in total. The second kappa shape index (κ2) is 10.6. The Morgan fingerprint density at radius 1 is 1.26 bits per heavy atom. The van der Waals surface area contributed by atoms with E-state index in [-0.39, 0.29) is 5.92 Å². The van der Waals surface area contributed by atoms with Crippen molar-refractivity contribution in [2.24, 2.45) is 11.7 Å². The van der Waals surface area contributed by atoms with Crippen LogP contribution in [0, 0.1) is 5.92 Å². The number of hydrogen-bond donors (Lipinski definition) is 1. The molecule has 0 amide bonds. The molecule has 0 aliphatic heterocycles. The number of allylic oxidation sites excluding steroid dienone is 3. The van der Waals surface area contributed by atoms with Gasteiger partial charge in [0.15, 0.2) is 0 Å². The molecule has 3 nitrogen and oxygen atoms in total. The van der Waals surface area contributed by atoms with Crippen molar-refractivity contribution in [2.75, 3.05) is 20.3 Å². The normalized spacial score (nSPS) is 19.5. The van der Waals surface area contributed by atoms with Gasteiger partial charge in [0.05, 0.1) is 7.11 Å². The Balaban J connectivity index is 2.50. The minimum Gasteiger partial charge on any atom is -0.496 e. The Morgan fingerprint density at radius 3 is 2.63 bits per heavy atom. The number of nitrogens with two attached hydrogens (primary N) is 1. The van der Waals surface area contributed by atoms with Crippen LogP contribution in [0.15, 0.2) is 35.9 Å². The van der Waals surface area contributed by atoms with Gasteiger partial charge < -0.3 is 15.2 Å². The third kappa shape index (κ3) is 5.62. The topological polar surface area (TPSA) is 44.5 Å². The van der Waals surface area contributed by atoms with Crippen LogP contribution in [-0.4, -0.2) is 20.3 Å². The number of rotatable bonds is 10. The van der Waals surface area contributed by atoms with Gasteiger partial charge in [-0.25, -0.2) is 0 Å². The number of unbranched alkanes of at least 4 members (excludes halogenated alkanes) is 2. The molecule has 0 fully saturated rings. The highest BCUT2D eigenvalue weighted by Crippen LogP contribution is 2.47. The Morgan fingerprint density at radius 2 is 2.00 bits per heavy atom. The summed E-state index contributed by atoms with van der Waals surface area (Å²) in [6.45, 7) is 11.9. The maximum atomic E-state index is 6.13. The van der Waals surface area contributed by atoms with Crippen LogP contribution in [0.2, 0.25) is 0 Å².